The summed E-state index contributed by atoms with van der Waals surface area (Å²) in [4.78, 5) is 24.0. The third-order valence-electron chi connectivity index (χ3n) is 2.16. The molecule has 0 radical (unpaired) electrons. The van der Waals surface area contributed by atoms with Crippen LogP contribution in [0, 0.1) is 0 Å². The maximum atomic E-state index is 11.3. The van der Waals surface area contributed by atoms with Gasteiger partial charge in [0, 0.05) is 6.54 Å². The summed E-state index contributed by atoms with van der Waals surface area (Å²) in [6, 6.07) is 0. The van der Waals surface area contributed by atoms with Crippen LogP contribution in [0.15, 0.2) is 0 Å². The van der Waals surface area contributed by atoms with Gasteiger partial charge in [0.05, 0.1) is 13.2 Å². The first-order chi connectivity index (χ1) is 7.24. The van der Waals surface area contributed by atoms with Crippen LogP contribution in [0.1, 0.15) is 19.8 Å². The minimum atomic E-state index is -0.335. The zero-order valence-electron chi connectivity index (χ0n) is 9.03. The number of ether oxygens (including phenoxy) is 2. The molecule has 0 N–H and O–H groups in total. The average molecular weight is 215 g/mol. The Labute approximate surface area is 89.3 Å². The first-order valence-electron chi connectivity index (χ1n) is 5.25. The van der Waals surface area contributed by atoms with Crippen molar-refractivity contribution in [3.05, 3.63) is 0 Å². The van der Waals surface area contributed by atoms with Gasteiger partial charge < -0.3 is 14.4 Å². The van der Waals surface area contributed by atoms with E-state index in [1.807, 2.05) is 6.92 Å². The van der Waals surface area contributed by atoms with E-state index in [-0.39, 0.29) is 25.0 Å². The average Bonchev–Trinajstić information content (AvgIpc) is 2.22. The Morgan fingerprint density at radius 2 is 2.40 bits per heavy atom. The van der Waals surface area contributed by atoms with Gasteiger partial charge in [-0.25, -0.2) is 0 Å². The second-order valence-corrected chi connectivity index (χ2v) is 3.44. The lowest BCUT2D eigenvalue weighted by atomic mass is 10.3. The number of morpholine rings is 1. The van der Waals surface area contributed by atoms with Gasteiger partial charge in [0.2, 0.25) is 5.91 Å². The van der Waals surface area contributed by atoms with Gasteiger partial charge in [-0.05, 0) is 6.42 Å². The van der Waals surface area contributed by atoms with E-state index in [2.05, 4.69) is 0 Å². The summed E-state index contributed by atoms with van der Waals surface area (Å²) in [7, 11) is 0. The molecule has 0 bridgehead atoms. The molecule has 0 aromatic heterocycles. The van der Waals surface area contributed by atoms with Crippen LogP contribution in [0.3, 0.4) is 0 Å². The lowest BCUT2D eigenvalue weighted by Gasteiger charge is -2.25. The summed E-state index contributed by atoms with van der Waals surface area (Å²) in [6.07, 6.45) is 1.85. The van der Waals surface area contributed by atoms with Crippen LogP contribution in [0.25, 0.3) is 0 Å². The van der Waals surface area contributed by atoms with Crippen LogP contribution in [0.2, 0.25) is 0 Å². The molecule has 15 heavy (non-hydrogen) atoms. The van der Waals surface area contributed by atoms with Gasteiger partial charge in [0.25, 0.3) is 0 Å². The van der Waals surface area contributed by atoms with Crippen molar-refractivity contribution in [3.8, 4) is 0 Å². The molecule has 0 aromatic carbocycles. The van der Waals surface area contributed by atoms with E-state index in [0.29, 0.717) is 19.8 Å². The molecule has 0 spiro atoms. The maximum Gasteiger partial charge on any atom is 0.325 e. The molecule has 1 aliphatic heterocycles. The Hall–Kier alpha value is -1.10. The van der Waals surface area contributed by atoms with Crippen LogP contribution in [-0.2, 0) is 19.1 Å². The van der Waals surface area contributed by atoms with Crippen LogP contribution >= 0.6 is 0 Å². The Morgan fingerprint density at radius 1 is 1.60 bits per heavy atom. The van der Waals surface area contributed by atoms with Crippen molar-refractivity contribution in [1.82, 2.24) is 4.90 Å². The van der Waals surface area contributed by atoms with Gasteiger partial charge >= 0.3 is 5.97 Å². The number of hydrogen-bond donors (Lipinski definition) is 0. The predicted octanol–water partition coefficient (Wildman–Crippen LogP) is 0.188. The summed E-state index contributed by atoms with van der Waals surface area (Å²) in [6.45, 7) is 3.55. The number of esters is 1. The molecule has 0 aliphatic carbocycles. The molecule has 86 valence electrons. The number of amides is 1. The van der Waals surface area contributed by atoms with Crippen LogP contribution in [0.5, 0.6) is 0 Å². The molecular weight excluding hydrogens is 198 g/mol. The van der Waals surface area contributed by atoms with Gasteiger partial charge in [-0.15, -0.1) is 0 Å². The van der Waals surface area contributed by atoms with E-state index >= 15 is 0 Å². The molecule has 0 aromatic rings. The minimum Gasteiger partial charge on any atom is -0.464 e. The fourth-order valence-electron chi connectivity index (χ4n) is 1.25. The van der Waals surface area contributed by atoms with Crippen molar-refractivity contribution in [1.29, 1.82) is 0 Å². The van der Waals surface area contributed by atoms with Crippen molar-refractivity contribution in [2.24, 2.45) is 0 Å². The highest BCUT2D eigenvalue weighted by molar-refractivity contribution is 5.83. The van der Waals surface area contributed by atoms with Crippen molar-refractivity contribution in [2.45, 2.75) is 19.8 Å². The second kappa shape index (κ2) is 6.40. The summed E-state index contributed by atoms with van der Waals surface area (Å²) in [5, 5.41) is 0. The van der Waals surface area contributed by atoms with Gasteiger partial charge in [-0.1, -0.05) is 13.3 Å². The van der Waals surface area contributed by atoms with Crippen molar-refractivity contribution in [3.63, 3.8) is 0 Å². The van der Waals surface area contributed by atoms with E-state index in [4.69, 9.17) is 9.47 Å². The SMILES string of the molecule is CCCCOC(=O)CN1CCOCC1=O. The third-order valence-corrected chi connectivity index (χ3v) is 2.16. The van der Waals surface area contributed by atoms with Crippen molar-refractivity contribution in [2.75, 3.05) is 32.9 Å². The highest BCUT2D eigenvalue weighted by atomic mass is 16.5. The molecule has 1 rings (SSSR count). The molecule has 0 atom stereocenters. The molecule has 1 fully saturated rings. The Balaban J connectivity index is 2.21. The minimum absolute atomic E-state index is 0.0475. The van der Waals surface area contributed by atoms with Crippen LogP contribution in [-0.4, -0.2) is 49.7 Å². The van der Waals surface area contributed by atoms with Gasteiger partial charge in [0.15, 0.2) is 0 Å². The molecule has 1 heterocycles. The number of nitrogens with zero attached hydrogens (tertiary/aromatic N) is 1. The summed E-state index contributed by atoms with van der Waals surface area (Å²) in [5.41, 5.74) is 0. The van der Waals surface area contributed by atoms with Gasteiger partial charge in [-0.2, -0.15) is 0 Å². The smallest absolute Gasteiger partial charge is 0.325 e. The first kappa shape index (κ1) is 12.0. The van der Waals surface area contributed by atoms with Crippen LogP contribution in [0.4, 0.5) is 0 Å². The number of carbonyl (C=O) groups is 2. The molecule has 1 aliphatic rings. The van der Waals surface area contributed by atoms with E-state index in [1.54, 1.807) is 0 Å². The van der Waals surface area contributed by atoms with E-state index < -0.39 is 0 Å². The van der Waals surface area contributed by atoms with E-state index in [1.165, 1.54) is 4.90 Å². The fraction of sp³-hybridized carbons (Fsp3) is 0.800. The Morgan fingerprint density at radius 3 is 3.07 bits per heavy atom. The van der Waals surface area contributed by atoms with Crippen LogP contribution < -0.4 is 0 Å². The predicted molar refractivity (Wildman–Crippen MR) is 53.3 cm³/mol. The van der Waals surface area contributed by atoms with Gasteiger partial charge in [0.1, 0.15) is 13.2 Å². The molecule has 1 amide bonds. The summed E-state index contributed by atoms with van der Waals surface area (Å²) in [5.74, 6) is -0.479. The molecule has 1 saturated heterocycles. The second-order valence-electron chi connectivity index (χ2n) is 3.44. The quantitative estimate of drug-likeness (QED) is 0.485. The van der Waals surface area contributed by atoms with Crippen molar-refractivity contribution < 1.29 is 19.1 Å². The standard InChI is InChI=1S/C10H17NO4/c1-2-3-5-15-10(13)7-11-4-6-14-8-9(11)12/h2-8H2,1H3. The zero-order chi connectivity index (χ0) is 11.1. The molecule has 5 heteroatoms. The highest BCUT2D eigenvalue weighted by Crippen LogP contribution is 1.99. The lowest BCUT2D eigenvalue weighted by molar-refractivity contribution is -0.154. The number of hydrogen-bond acceptors (Lipinski definition) is 4. The summed E-state index contributed by atoms with van der Waals surface area (Å²) >= 11 is 0. The highest BCUT2D eigenvalue weighted by Gasteiger charge is 2.21. The molecule has 0 unspecified atom stereocenters. The van der Waals surface area contributed by atoms with Crippen molar-refractivity contribution >= 4 is 11.9 Å². The number of carbonyl (C=O) groups excluding carboxylic acids is 2. The Bertz CT molecular complexity index is 229. The number of rotatable bonds is 5. The third kappa shape index (κ3) is 4.29. The number of unbranched alkanes of at least 4 members (excludes halogenated alkanes) is 1. The van der Waals surface area contributed by atoms with E-state index in [0.717, 1.165) is 12.8 Å². The van der Waals surface area contributed by atoms with E-state index in [9.17, 15) is 9.59 Å². The first-order valence-corrected chi connectivity index (χ1v) is 5.25. The molecule has 0 saturated carbocycles. The topological polar surface area (TPSA) is 55.8 Å². The molecule has 5 nitrogen and oxygen atoms in total. The normalized spacial score (nSPS) is 16.6. The monoisotopic (exact) mass is 215 g/mol. The Kier molecular flexibility index (Phi) is 5.10. The largest absolute Gasteiger partial charge is 0.464 e. The zero-order valence-corrected chi connectivity index (χ0v) is 9.03. The maximum absolute atomic E-state index is 11.3. The lowest BCUT2D eigenvalue weighted by Crippen LogP contribution is -2.44. The fourth-order valence-corrected chi connectivity index (χ4v) is 1.25. The summed E-state index contributed by atoms with van der Waals surface area (Å²) < 4.78 is 9.91. The molecular formula is C10H17NO4. The van der Waals surface area contributed by atoms with Gasteiger partial charge in [-0.3, -0.25) is 9.59 Å².